The minimum atomic E-state index is -1.27. The minimum Gasteiger partial charge on any atom is -0.477 e. The van der Waals surface area contributed by atoms with E-state index in [1.165, 1.54) is 18.3 Å². The average Bonchev–Trinajstić information content (AvgIpc) is 3.09. The molecular formula is C13H14ClN3O5S2. The number of carbonyl (C=O) groups is 2. The van der Waals surface area contributed by atoms with Gasteiger partial charge in [-0.1, -0.05) is 11.6 Å². The van der Waals surface area contributed by atoms with Crippen molar-refractivity contribution in [3.8, 4) is 5.88 Å². The summed E-state index contributed by atoms with van der Waals surface area (Å²) in [5.74, 6) is -1.35. The molecule has 1 atom stereocenters. The van der Waals surface area contributed by atoms with Gasteiger partial charge in [-0.2, -0.15) is 4.37 Å². The Balaban J connectivity index is 2.06. The van der Waals surface area contributed by atoms with Gasteiger partial charge in [-0.3, -0.25) is 5.32 Å². The van der Waals surface area contributed by atoms with E-state index in [9.17, 15) is 14.7 Å². The zero-order valence-corrected chi connectivity index (χ0v) is 14.8. The topological polar surface area (TPSA) is 121 Å². The van der Waals surface area contributed by atoms with Crippen LogP contribution in [0.3, 0.4) is 0 Å². The molecule has 24 heavy (non-hydrogen) atoms. The number of rotatable bonds is 7. The lowest BCUT2D eigenvalue weighted by atomic mass is 10.3. The molecule has 0 aromatic carbocycles. The van der Waals surface area contributed by atoms with Gasteiger partial charge in [0.2, 0.25) is 5.88 Å². The number of nitrogens with zero attached hydrogens (tertiary/aromatic N) is 1. The van der Waals surface area contributed by atoms with Crippen LogP contribution in [-0.2, 0) is 6.61 Å². The van der Waals surface area contributed by atoms with Crippen LogP contribution < -0.4 is 15.4 Å². The fourth-order valence-corrected chi connectivity index (χ4v) is 3.33. The maximum absolute atomic E-state index is 11.7. The highest BCUT2D eigenvalue weighted by Gasteiger charge is 2.23. The lowest BCUT2D eigenvalue weighted by Gasteiger charge is -2.08. The molecule has 2 amide bonds. The lowest BCUT2D eigenvalue weighted by molar-refractivity contribution is 0.0693. The molecular weight excluding hydrogens is 378 g/mol. The Morgan fingerprint density at radius 2 is 2.21 bits per heavy atom. The highest BCUT2D eigenvalue weighted by molar-refractivity contribution is 7.16. The standard InChI is InChI=1S/C13H14ClN3O5S2/c1-6(18)4-15-13(21)16-11-9(12(19)20)10(17-24-11)22-5-7-2-3-8(14)23-7/h2-3,6,18H,4-5H2,1H3,(H,19,20)(H2,15,16,21). The number of carboxylic acid groups (broad SMARTS) is 1. The lowest BCUT2D eigenvalue weighted by Crippen LogP contribution is -2.34. The number of ether oxygens (including phenoxy) is 1. The molecule has 4 N–H and O–H groups in total. The fourth-order valence-electron chi connectivity index (χ4n) is 1.60. The van der Waals surface area contributed by atoms with Gasteiger partial charge in [0, 0.05) is 11.4 Å². The molecule has 0 aliphatic rings. The van der Waals surface area contributed by atoms with Crippen molar-refractivity contribution in [2.24, 2.45) is 0 Å². The summed E-state index contributed by atoms with van der Waals surface area (Å²) in [5.41, 5.74) is -0.227. The van der Waals surface area contributed by atoms with E-state index in [-0.39, 0.29) is 29.6 Å². The Bertz CT molecular complexity index is 731. The molecule has 130 valence electrons. The second-order valence-corrected chi connectivity index (χ2v) is 7.25. The predicted molar refractivity (Wildman–Crippen MR) is 91.4 cm³/mol. The largest absolute Gasteiger partial charge is 0.477 e. The molecule has 0 spiro atoms. The van der Waals surface area contributed by atoms with E-state index in [0.29, 0.717) is 4.34 Å². The van der Waals surface area contributed by atoms with Crippen molar-refractivity contribution in [3.05, 3.63) is 26.9 Å². The number of carboxylic acids is 1. The molecule has 0 saturated heterocycles. The van der Waals surface area contributed by atoms with Crippen molar-refractivity contribution >= 4 is 51.5 Å². The normalized spacial score (nSPS) is 11.8. The summed E-state index contributed by atoms with van der Waals surface area (Å²) in [5, 5.41) is 23.3. The number of amides is 2. The number of nitrogens with one attached hydrogen (secondary N) is 2. The highest BCUT2D eigenvalue weighted by atomic mass is 35.5. The summed E-state index contributed by atoms with van der Waals surface area (Å²) in [6, 6.07) is 2.84. The number of halogens is 1. The number of aromatic carboxylic acids is 1. The van der Waals surface area contributed by atoms with E-state index in [1.54, 1.807) is 12.1 Å². The molecule has 2 aromatic rings. The summed E-state index contributed by atoms with van der Waals surface area (Å²) in [6.45, 7) is 1.67. The molecule has 0 fully saturated rings. The van der Waals surface area contributed by atoms with E-state index in [4.69, 9.17) is 21.4 Å². The number of hydrogen-bond acceptors (Lipinski definition) is 7. The maximum Gasteiger partial charge on any atom is 0.344 e. The van der Waals surface area contributed by atoms with E-state index < -0.39 is 18.1 Å². The second-order valence-electron chi connectivity index (χ2n) is 4.68. The van der Waals surface area contributed by atoms with Crippen molar-refractivity contribution in [2.75, 3.05) is 11.9 Å². The van der Waals surface area contributed by atoms with Gasteiger partial charge >= 0.3 is 12.0 Å². The van der Waals surface area contributed by atoms with E-state index in [1.807, 2.05) is 0 Å². The molecule has 0 bridgehead atoms. The first-order valence-corrected chi connectivity index (χ1v) is 8.66. The highest BCUT2D eigenvalue weighted by Crippen LogP contribution is 2.32. The summed E-state index contributed by atoms with van der Waals surface area (Å²) in [4.78, 5) is 23.9. The van der Waals surface area contributed by atoms with Gasteiger partial charge in [-0.15, -0.1) is 11.3 Å². The third-order valence-electron chi connectivity index (χ3n) is 2.64. The summed E-state index contributed by atoms with van der Waals surface area (Å²) in [6.07, 6.45) is -0.715. The maximum atomic E-state index is 11.7. The van der Waals surface area contributed by atoms with Crippen LogP contribution in [0.1, 0.15) is 22.2 Å². The Labute approximate surface area is 150 Å². The van der Waals surface area contributed by atoms with Gasteiger partial charge in [0.05, 0.1) is 10.4 Å². The van der Waals surface area contributed by atoms with Gasteiger partial charge < -0.3 is 20.3 Å². The zero-order valence-electron chi connectivity index (χ0n) is 12.4. The first kappa shape index (κ1) is 18.5. The smallest absolute Gasteiger partial charge is 0.344 e. The monoisotopic (exact) mass is 391 g/mol. The number of aliphatic hydroxyl groups excluding tert-OH is 1. The molecule has 8 nitrogen and oxygen atoms in total. The molecule has 0 aliphatic heterocycles. The SMILES string of the molecule is CC(O)CNC(=O)Nc1snc(OCc2ccc(Cl)s2)c1C(=O)O. The molecule has 11 heteroatoms. The first-order valence-electron chi connectivity index (χ1n) is 6.69. The van der Waals surface area contributed by atoms with Crippen LogP contribution in [0.5, 0.6) is 5.88 Å². The molecule has 2 heterocycles. The van der Waals surface area contributed by atoms with Crippen molar-refractivity contribution in [2.45, 2.75) is 19.6 Å². The summed E-state index contributed by atoms with van der Waals surface area (Å²) in [7, 11) is 0. The number of carbonyl (C=O) groups excluding carboxylic acids is 1. The Morgan fingerprint density at radius 3 is 2.79 bits per heavy atom. The van der Waals surface area contributed by atoms with E-state index >= 15 is 0 Å². The van der Waals surface area contributed by atoms with E-state index in [2.05, 4.69) is 15.0 Å². The van der Waals surface area contributed by atoms with E-state index in [0.717, 1.165) is 16.4 Å². The number of urea groups is 1. The van der Waals surface area contributed by atoms with Crippen LogP contribution in [-0.4, -0.2) is 39.2 Å². The Kier molecular flexibility index (Phi) is 6.37. The number of hydrogen-bond donors (Lipinski definition) is 4. The van der Waals surface area contributed by atoms with Gasteiger partial charge in [0.1, 0.15) is 11.6 Å². The third kappa shape index (κ3) is 5.06. The number of aliphatic hydroxyl groups is 1. The van der Waals surface area contributed by atoms with Crippen LogP contribution in [0, 0.1) is 0 Å². The molecule has 0 saturated carbocycles. The fraction of sp³-hybridized carbons (Fsp3) is 0.308. The van der Waals surface area contributed by atoms with Crippen LogP contribution in [0.15, 0.2) is 12.1 Å². The van der Waals surface area contributed by atoms with Crippen LogP contribution in [0.4, 0.5) is 9.80 Å². The third-order valence-corrected chi connectivity index (χ3v) is 4.59. The average molecular weight is 392 g/mol. The van der Waals surface area contributed by atoms with Crippen LogP contribution >= 0.6 is 34.5 Å². The number of aromatic nitrogens is 1. The van der Waals surface area contributed by atoms with Gasteiger partial charge in [0.15, 0.2) is 5.56 Å². The Hall–Kier alpha value is -1.88. The van der Waals surface area contributed by atoms with Crippen molar-refractivity contribution in [3.63, 3.8) is 0 Å². The van der Waals surface area contributed by atoms with Crippen molar-refractivity contribution < 1.29 is 24.5 Å². The zero-order chi connectivity index (χ0) is 17.7. The first-order chi connectivity index (χ1) is 11.4. The molecule has 0 radical (unpaired) electrons. The molecule has 0 aliphatic carbocycles. The quantitative estimate of drug-likeness (QED) is 0.575. The van der Waals surface area contributed by atoms with Gasteiger partial charge in [-0.05, 0) is 30.6 Å². The van der Waals surface area contributed by atoms with Crippen molar-refractivity contribution in [1.29, 1.82) is 0 Å². The van der Waals surface area contributed by atoms with Gasteiger partial charge in [-0.25, -0.2) is 9.59 Å². The van der Waals surface area contributed by atoms with Crippen LogP contribution in [0.25, 0.3) is 0 Å². The van der Waals surface area contributed by atoms with Crippen molar-refractivity contribution in [1.82, 2.24) is 9.69 Å². The Morgan fingerprint density at radius 1 is 1.46 bits per heavy atom. The summed E-state index contributed by atoms with van der Waals surface area (Å²) < 4.78 is 9.94. The molecule has 2 rings (SSSR count). The minimum absolute atomic E-state index is 0.0372. The predicted octanol–water partition coefficient (Wildman–Crippen LogP) is 2.64. The number of anilines is 1. The number of thiophene rings is 1. The van der Waals surface area contributed by atoms with Crippen LogP contribution in [0.2, 0.25) is 4.34 Å². The van der Waals surface area contributed by atoms with Gasteiger partial charge in [0.25, 0.3) is 0 Å². The molecule has 2 aromatic heterocycles. The second kappa shape index (κ2) is 8.29. The molecule has 1 unspecified atom stereocenters. The summed E-state index contributed by atoms with van der Waals surface area (Å²) >= 11 is 7.93.